The zero-order chi connectivity index (χ0) is 11.7. The summed E-state index contributed by atoms with van der Waals surface area (Å²) in [6.45, 7) is 3.76. The number of fused-ring (bicyclic) bond motifs is 1. The van der Waals surface area contributed by atoms with Gasteiger partial charge in [0.2, 0.25) is 0 Å². The average molecular weight is 217 g/mol. The Labute approximate surface area is 92.0 Å². The van der Waals surface area contributed by atoms with Crippen molar-refractivity contribution < 1.29 is 9.90 Å². The summed E-state index contributed by atoms with van der Waals surface area (Å²) in [4.78, 5) is 10.4. The van der Waals surface area contributed by atoms with Crippen LogP contribution < -0.4 is 0 Å². The summed E-state index contributed by atoms with van der Waals surface area (Å²) in [5.41, 5.74) is 2.51. The van der Waals surface area contributed by atoms with E-state index in [0.717, 1.165) is 28.7 Å². The topological polar surface area (TPSA) is 67.5 Å². The number of rotatable bonds is 2. The molecule has 0 amide bonds. The van der Waals surface area contributed by atoms with Crippen molar-refractivity contribution in [3.63, 3.8) is 0 Å². The lowest BCUT2D eigenvalue weighted by atomic mass is 10.1. The Morgan fingerprint density at radius 2 is 2.19 bits per heavy atom. The first-order chi connectivity index (χ1) is 7.59. The number of carboxylic acid groups (broad SMARTS) is 1. The monoisotopic (exact) mass is 217 g/mol. The van der Waals surface area contributed by atoms with Gasteiger partial charge in [-0.1, -0.05) is 0 Å². The highest BCUT2D eigenvalue weighted by molar-refractivity contribution is 5.86. The lowest BCUT2D eigenvalue weighted by Crippen LogP contribution is -1.93. The Bertz CT molecular complexity index is 584. The molecule has 0 saturated carbocycles. The molecule has 0 saturated heterocycles. The van der Waals surface area contributed by atoms with E-state index < -0.39 is 5.97 Å². The van der Waals surface area contributed by atoms with E-state index in [1.54, 1.807) is 6.08 Å². The summed E-state index contributed by atoms with van der Waals surface area (Å²) in [6, 6.07) is 1.85. The summed E-state index contributed by atoms with van der Waals surface area (Å²) < 4.78 is 1.87. The minimum atomic E-state index is -0.961. The Hall–Kier alpha value is -2.17. The number of aromatic nitrogens is 3. The summed E-state index contributed by atoms with van der Waals surface area (Å²) in [5.74, 6) is -0.149. The van der Waals surface area contributed by atoms with Gasteiger partial charge in [0.25, 0.3) is 0 Å². The minimum absolute atomic E-state index is 0.755. The number of carboxylic acids is 1. The van der Waals surface area contributed by atoms with Crippen molar-refractivity contribution in [2.75, 3.05) is 0 Å². The fraction of sp³-hybridized carbons (Fsp3) is 0.182. The smallest absolute Gasteiger partial charge is 0.328 e. The Morgan fingerprint density at radius 3 is 2.88 bits per heavy atom. The van der Waals surface area contributed by atoms with Crippen LogP contribution in [0.5, 0.6) is 0 Å². The highest BCUT2D eigenvalue weighted by atomic mass is 16.4. The van der Waals surface area contributed by atoms with Crippen molar-refractivity contribution in [3.05, 3.63) is 35.3 Å². The normalized spacial score (nSPS) is 11.4. The van der Waals surface area contributed by atoms with E-state index in [1.807, 2.05) is 30.5 Å². The summed E-state index contributed by atoms with van der Waals surface area (Å²) in [5, 5.41) is 16.6. The van der Waals surface area contributed by atoms with Crippen LogP contribution >= 0.6 is 0 Å². The number of aliphatic carboxylic acids is 1. The molecule has 82 valence electrons. The maximum atomic E-state index is 10.4. The van der Waals surface area contributed by atoms with Gasteiger partial charge < -0.3 is 5.11 Å². The van der Waals surface area contributed by atoms with Crippen LogP contribution in [0.3, 0.4) is 0 Å². The predicted molar refractivity (Wildman–Crippen MR) is 59.1 cm³/mol. The van der Waals surface area contributed by atoms with Crippen molar-refractivity contribution in [1.29, 1.82) is 0 Å². The van der Waals surface area contributed by atoms with Crippen LogP contribution in [0.15, 0.2) is 18.3 Å². The van der Waals surface area contributed by atoms with Gasteiger partial charge in [-0.25, -0.2) is 4.79 Å². The van der Waals surface area contributed by atoms with Gasteiger partial charge >= 0.3 is 5.97 Å². The molecule has 16 heavy (non-hydrogen) atoms. The van der Waals surface area contributed by atoms with Gasteiger partial charge in [-0.05, 0) is 31.6 Å². The molecule has 2 aromatic heterocycles. The van der Waals surface area contributed by atoms with Gasteiger partial charge in [-0.15, -0.1) is 10.2 Å². The van der Waals surface area contributed by atoms with Crippen molar-refractivity contribution in [2.24, 2.45) is 0 Å². The molecule has 2 rings (SSSR count). The van der Waals surface area contributed by atoms with E-state index in [4.69, 9.17) is 5.11 Å². The average Bonchev–Trinajstić information content (AvgIpc) is 2.60. The van der Waals surface area contributed by atoms with Crippen LogP contribution in [0.4, 0.5) is 0 Å². The van der Waals surface area contributed by atoms with Gasteiger partial charge in [-0.2, -0.15) is 0 Å². The molecule has 2 aromatic rings. The third-order valence-corrected chi connectivity index (χ3v) is 2.44. The molecule has 5 heteroatoms. The van der Waals surface area contributed by atoms with Gasteiger partial charge in [0.05, 0.1) is 0 Å². The fourth-order valence-corrected chi connectivity index (χ4v) is 1.55. The molecule has 0 bridgehead atoms. The van der Waals surface area contributed by atoms with Gasteiger partial charge in [0.1, 0.15) is 5.82 Å². The first kappa shape index (κ1) is 10.4. The fourth-order valence-electron chi connectivity index (χ4n) is 1.55. The second-order valence-electron chi connectivity index (χ2n) is 3.51. The predicted octanol–water partition coefficient (Wildman–Crippen LogP) is 1.44. The van der Waals surface area contributed by atoms with Crippen LogP contribution in [0.25, 0.3) is 11.7 Å². The lowest BCUT2D eigenvalue weighted by Gasteiger charge is -2.02. The molecule has 0 radical (unpaired) electrons. The molecular weight excluding hydrogens is 206 g/mol. The second kappa shape index (κ2) is 3.77. The van der Waals surface area contributed by atoms with Crippen molar-refractivity contribution in [1.82, 2.24) is 14.6 Å². The standard InChI is InChI=1S/C11H11N3O2/c1-7-9(3-4-10(15)16)5-6-14-8(2)12-13-11(7)14/h3-6H,1-2H3,(H,15,16)/b4-3+. The highest BCUT2D eigenvalue weighted by Gasteiger charge is 2.06. The second-order valence-corrected chi connectivity index (χ2v) is 3.51. The van der Waals surface area contributed by atoms with Crippen LogP contribution in [-0.2, 0) is 4.79 Å². The molecule has 0 aliphatic heterocycles. The van der Waals surface area contributed by atoms with E-state index in [9.17, 15) is 4.79 Å². The van der Waals surface area contributed by atoms with Crippen molar-refractivity contribution in [3.8, 4) is 0 Å². The van der Waals surface area contributed by atoms with Gasteiger partial charge in [-0.3, -0.25) is 4.40 Å². The van der Waals surface area contributed by atoms with E-state index in [2.05, 4.69) is 10.2 Å². The SMILES string of the molecule is Cc1c(/C=C/C(=O)O)ccn2c(C)nnc12. The first-order valence-corrected chi connectivity index (χ1v) is 4.81. The highest BCUT2D eigenvalue weighted by Crippen LogP contribution is 2.15. The van der Waals surface area contributed by atoms with Crippen LogP contribution in [0, 0.1) is 13.8 Å². The molecule has 0 spiro atoms. The summed E-state index contributed by atoms with van der Waals surface area (Å²) in [7, 11) is 0. The molecule has 2 heterocycles. The number of hydrogen-bond donors (Lipinski definition) is 1. The molecule has 0 aliphatic rings. The van der Waals surface area contributed by atoms with Crippen LogP contribution in [-0.4, -0.2) is 25.7 Å². The Morgan fingerprint density at radius 1 is 1.44 bits per heavy atom. The molecule has 0 aromatic carbocycles. The number of aryl methyl sites for hydroxylation is 2. The number of pyridine rings is 1. The van der Waals surface area contributed by atoms with E-state index >= 15 is 0 Å². The maximum absolute atomic E-state index is 10.4. The number of hydrogen-bond acceptors (Lipinski definition) is 3. The molecular formula is C11H11N3O2. The summed E-state index contributed by atoms with van der Waals surface area (Å²) >= 11 is 0. The largest absolute Gasteiger partial charge is 0.478 e. The van der Waals surface area contributed by atoms with Crippen molar-refractivity contribution in [2.45, 2.75) is 13.8 Å². The van der Waals surface area contributed by atoms with E-state index in [1.165, 1.54) is 0 Å². The first-order valence-electron chi connectivity index (χ1n) is 4.81. The zero-order valence-electron chi connectivity index (χ0n) is 9.01. The maximum Gasteiger partial charge on any atom is 0.328 e. The Kier molecular flexibility index (Phi) is 2.44. The molecule has 1 N–H and O–H groups in total. The molecule has 0 fully saturated rings. The molecule has 5 nitrogen and oxygen atoms in total. The molecule has 0 aliphatic carbocycles. The lowest BCUT2D eigenvalue weighted by molar-refractivity contribution is -0.131. The minimum Gasteiger partial charge on any atom is -0.478 e. The zero-order valence-corrected chi connectivity index (χ0v) is 9.01. The van der Waals surface area contributed by atoms with E-state index in [-0.39, 0.29) is 0 Å². The third-order valence-electron chi connectivity index (χ3n) is 2.44. The number of carbonyl (C=O) groups is 1. The van der Waals surface area contributed by atoms with Crippen LogP contribution in [0.1, 0.15) is 17.0 Å². The quantitative estimate of drug-likeness (QED) is 0.773. The molecule has 0 unspecified atom stereocenters. The van der Waals surface area contributed by atoms with Crippen LogP contribution in [0.2, 0.25) is 0 Å². The number of nitrogens with zero attached hydrogens (tertiary/aromatic N) is 3. The third kappa shape index (κ3) is 1.67. The Balaban J connectivity index is 2.57. The van der Waals surface area contributed by atoms with Gasteiger partial charge in [0, 0.05) is 17.8 Å². The van der Waals surface area contributed by atoms with Crippen molar-refractivity contribution >= 4 is 17.7 Å². The summed E-state index contributed by atoms with van der Waals surface area (Å²) in [6.07, 6.45) is 4.50. The van der Waals surface area contributed by atoms with E-state index in [0.29, 0.717) is 0 Å². The van der Waals surface area contributed by atoms with Gasteiger partial charge in [0.15, 0.2) is 5.65 Å². The molecule has 0 atom stereocenters.